The second-order valence-electron chi connectivity index (χ2n) is 1.90. The summed E-state index contributed by atoms with van der Waals surface area (Å²) in [6, 6.07) is 0. The molecule has 0 atom stereocenters. The number of pyridine rings is 1. The van der Waals surface area contributed by atoms with Gasteiger partial charge in [-0.25, -0.2) is 9.78 Å². The van der Waals surface area contributed by atoms with Crippen LogP contribution in [0.4, 0.5) is 0 Å². The molecule has 0 aromatic carbocycles. The molecule has 0 saturated carbocycles. The van der Waals surface area contributed by atoms with E-state index < -0.39 is 5.97 Å². The molecule has 64 valence electrons. The van der Waals surface area contributed by atoms with Crippen LogP contribution in [-0.4, -0.2) is 16.1 Å². The first-order valence-electron chi connectivity index (χ1n) is 2.77. The first kappa shape index (κ1) is 9.77. The number of rotatable bonds is 1. The van der Waals surface area contributed by atoms with Crippen molar-refractivity contribution < 1.29 is 9.90 Å². The van der Waals surface area contributed by atoms with E-state index in [1.54, 1.807) is 0 Å². The van der Waals surface area contributed by atoms with Gasteiger partial charge in [-0.3, -0.25) is 0 Å². The number of carbonyl (C=O) groups is 1. The van der Waals surface area contributed by atoms with Crippen LogP contribution >= 0.6 is 39.1 Å². The van der Waals surface area contributed by atoms with E-state index in [9.17, 15) is 4.79 Å². The van der Waals surface area contributed by atoms with Gasteiger partial charge < -0.3 is 5.11 Å². The molecule has 0 unspecified atom stereocenters. The molecular weight excluding hydrogens is 269 g/mol. The van der Waals surface area contributed by atoms with Crippen molar-refractivity contribution in [1.29, 1.82) is 0 Å². The Morgan fingerprint density at radius 3 is 2.67 bits per heavy atom. The number of carboxylic acids is 1. The first-order chi connectivity index (χ1) is 5.54. The molecule has 12 heavy (non-hydrogen) atoms. The fraction of sp³-hybridized carbons (Fsp3) is 0. The van der Waals surface area contributed by atoms with Crippen molar-refractivity contribution in [3.63, 3.8) is 0 Å². The highest BCUT2D eigenvalue weighted by atomic mass is 79.9. The number of carboxylic acid groups (broad SMARTS) is 1. The summed E-state index contributed by atoms with van der Waals surface area (Å²) in [6.07, 6.45) is 1.11. The third-order valence-corrected chi connectivity index (χ3v) is 3.06. The molecule has 1 aromatic heterocycles. The highest BCUT2D eigenvalue weighted by Gasteiger charge is 2.14. The van der Waals surface area contributed by atoms with Crippen LogP contribution in [0.1, 0.15) is 10.4 Å². The lowest BCUT2D eigenvalue weighted by Gasteiger charge is -2.00. The summed E-state index contributed by atoms with van der Waals surface area (Å²) in [5.41, 5.74) is -0.0760. The van der Waals surface area contributed by atoms with E-state index >= 15 is 0 Å². The summed E-state index contributed by atoms with van der Waals surface area (Å²) in [5, 5.41) is 8.79. The molecule has 1 rings (SSSR count). The third kappa shape index (κ3) is 1.71. The van der Waals surface area contributed by atoms with E-state index in [2.05, 4.69) is 20.9 Å². The minimum Gasteiger partial charge on any atom is -0.478 e. The summed E-state index contributed by atoms with van der Waals surface area (Å²) in [7, 11) is 0. The maximum absolute atomic E-state index is 10.5. The van der Waals surface area contributed by atoms with Crippen LogP contribution in [0.15, 0.2) is 10.7 Å². The molecular formula is C6H2BrCl2NO2. The monoisotopic (exact) mass is 269 g/mol. The predicted molar refractivity (Wildman–Crippen MR) is 48.9 cm³/mol. The van der Waals surface area contributed by atoms with Gasteiger partial charge in [-0.05, 0) is 15.9 Å². The van der Waals surface area contributed by atoms with Crippen molar-refractivity contribution in [2.45, 2.75) is 0 Å². The van der Waals surface area contributed by atoms with Crippen molar-refractivity contribution >= 4 is 45.1 Å². The van der Waals surface area contributed by atoms with Gasteiger partial charge in [0.2, 0.25) is 0 Å². The van der Waals surface area contributed by atoms with E-state index in [1.165, 1.54) is 0 Å². The van der Waals surface area contributed by atoms with Gasteiger partial charge >= 0.3 is 5.97 Å². The average Bonchev–Trinajstić information content (AvgIpc) is 2.00. The summed E-state index contributed by atoms with van der Waals surface area (Å²) in [4.78, 5) is 14.1. The zero-order chi connectivity index (χ0) is 9.30. The van der Waals surface area contributed by atoms with Crippen LogP contribution in [0.2, 0.25) is 10.2 Å². The molecule has 6 heteroatoms. The summed E-state index contributed by atoms with van der Waals surface area (Å²) in [6.45, 7) is 0. The number of aromatic carboxylic acids is 1. The fourth-order valence-corrected chi connectivity index (χ4v) is 1.32. The number of nitrogens with zero attached hydrogens (tertiary/aromatic N) is 1. The summed E-state index contributed by atoms with van der Waals surface area (Å²) in [5.74, 6) is -1.13. The van der Waals surface area contributed by atoms with Gasteiger partial charge in [0.15, 0.2) is 0 Å². The number of hydrogen-bond acceptors (Lipinski definition) is 2. The molecule has 0 bridgehead atoms. The van der Waals surface area contributed by atoms with E-state index in [-0.39, 0.29) is 15.7 Å². The largest absolute Gasteiger partial charge is 0.478 e. The van der Waals surface area contributed by atoms with Crippen molar-refractivity contribution in [1.82, 2.24) is 4.98 Å². The standard InChI is InChI=1S/C6H2BrCl2NO2/c7-3-4(8)2(6(11)12)1-10-5(3)9/h1H,(H,11,12). The molecule has 0 amide bonds. The summed E-state index contributed by atoms with van der Waals surface area (Å²) >= 11 is 14.2. The summed E-state index contributed by atoms with van der Waals surface area (Å²) < 4.78 is 0.297. The highest BCUT2D eigenvalue weighted by Crippen LogP contribution is 2.30. The predicted octanol–water partition coefficient (Wildman–Crippen LogP) is 2.85. The molecule has 1 heterocycles. The lowest BCUT2D eigenvalue weighted by atomic mass is 10.3. The van der Waals surface area contributed by atoms with E-state index in [4.69, 9.17) is 28.3 Å². The van der Waals surface area contributed by atoms with Crippen molar-refractivity contribution in [2.24, 2.45) is 0 Å². The third-order valence-electron chi connectivity index (χ3n) is 1.15. The molecule has 0 aliphatic heterocycles. The minimum absolute atomic E-state index is 0.0579. The molecule has 3 nitrogen and oxygen atoms in total. The fourth-order valence-electron chi connectivity index (χ4n) is 0.592. The van der Waals surface area contributed by atoms with Crippen molar-refractivity contribution in [3.8, 4) is 0 Å². The van der Waals surface area contributed by atoms with E-state index in [0.717, 1.165) is 6.20 Å². The lowest BCUT2D eigenvalue weighted by Crippen LogP contribution is -1.99. The Labute approximate surface area is 86.4 Å². The smallest absolute Gasteiger partial charge is 0.338 e. The van der Waals surface area contributed by atoms with Gasteiger partial charge in [0.1, 0.15) is 5.15 Å². The molecule has 0 aliphatic rings. The average molecular weight is 271 g/mol. The SMILES string of the molecule is O=C(O)c1cnc(Cl)c(Br)c1Cl. The van der Waals surface area contributed by atoms with Gasteiger partial charge in [-0.1, -0.05) is 23.2 Å². The first-order valence-corrected chi connectivity index (χ1v) is 4.31. The van der Waals surface area contributed by atoms with Crippen LogP contribution in [0, 0.1) is 0 Å². The van der Waals surface area contributed by atoms with Gasteiger partial charge in [-0.15, -0.1) is 0 Å². The second kappa shape index (κ2) is 3.60. The van der Waals surface area contributed by atoms with Crippen LogP contribution in [-0.2, 0) is 0 Å². The van der Waals surface area contributed by atoms with Gasteiger partial charge in [0, 0.05) is 6.20 Å². The maximum Gasteiger partial charge on any atom is 0.338 e. The van der Waals surface area contributed by atoms with Crippen LogP contribution in [0.25, 0.3) is 0 Å². The molecule has 0 fully saturated rings. The Morgan fingerprint density at radius 1 is 1.58 bits per heavy atom. The molecule has 0 aliphatic carbocycles. The zero-order valence-corrected chi connectivity index (χ0v) is 8.61. The van der Waals surface area contributed by atoms with Gasteiger partial charge in [-0.2, -0.15) is 0 Å². The van der Waals surface area contributed by atoms with E-state index in [1.807, 2.05) is 0 Å². The Morgan fingerprint density at radius 2 is 2.17 bits per heavy atom. The number of hydrogen-bond donors (Lipinski definition) is 1. The molecule has 0 spiro atoms. The Balaban J connectivity index is 3.36. The molecule has 0 radical (unpaired) electrons. The normalized spacial score (nSPS) is 9.92. The topological polar surface area (TPSA) is 50.2 Å². The molecule has 0 saturated heterocycles. The maximum atomic E-state index is 10.5. The zero-order valence-electron chi connectivity index (χ0n) is 5.51. The quantitative estimate of drug-likeness (QED) is 0.799. The second-order valence-corrected chi connectivity index (χ2v) is 3.42. The number of halogens is 3. The van der Waals surface area contributed by atoms with Crippen LogP contribution in [0.3, 0.4) is 0 Å². The van der Waals surface area contributed by atoms with Gasteiger partial charge in [0.25, 0.3) is 0 Å². The van der Waals surface area contributed by atoms with Crippen LogP contribution < -0.4 is 0 Å². The van der Waals surface area contributed by atoms with Gasteiger partial charge in [0.05, 0.1) is 15.1 Å². The Hall–Kier alpha value is -0.320. The molecule has 1 aromatic rings. The van der Waals surface area contributed by atoms with Crippen molar-refractivity contribution in [2.75, 3.05) is 0 Å². The lowest BCUT2D eigenvalue weighted by molar-refractivity contribution is 0.0696. The number of aromatic nitrogens is 1. The molecule has 1 N–H and O–H groups in total. The van der Waals surface area contributed by atoms with E-state index in [0.29, 0.717) is 4.47 Å². The van der Waals surface area contributed by atoms with Crippen LogP contribution in [0.5, 0.6) is 0 Å². The highest BCUT2D eigenvalue weighted by molar-refractivity contribution is 9.10. The van der Waals surface area contributed by atoms with Crippen molar-refractivity contribution in [3.05, 3.63) is 26.4 Å². The Kier molecular flexibility index (Phi) is 2.93. The Bertz CT molecular complexity index is 343. The minimum atomic E-state index is -1.13.